The highest BCUT2D eigenvalue weighted by Gasteiger charge is 2.20. The first-order valence-corrected chi connectivity index (χ1v) is 10.9. The van der Waals surface area contributed by atoms with Gasteiger partial charge in [-0.2, -0.15) is 11.8 Å². The molecule has 164 valence electrons. The van der Waals surface area contributed by atoms with Gasteiger partial charge in [0.05, 0.1) is 12.1 Å². The third kappa shape index (κ3) is 5.71. The summed E-state index contributed by atoms with van der Waals surface area (Å²) in [6, 6.07) is 11.7. The van der Waals surface area contributed by atoms with E-state index in [1.165, 1.54) is 18.2 Å². The van der Waals surface area contributed by atoms with E-state index in [2.05, 4.69) is 5.32 Å². The molecule has 3 aromatic rings. The maximum absolute atomic E-state index is 12.7. The summed E-state index contributed by atoms with van der Waals surface area (Å²) in [5, 5.41) is 22.4. The van der Waals surface area contributed by atoms with Crippen LogP contribution in [0.2, 0.25) is 0 Å². The van der Waals surface area contributed by atoms with E-state index in [4.69, 9.17) is 20.0 Å². The molecule has 0 saturated heterocycles. The Morgan fingerprint density at radius 1 is 1.19 bits per heavy atom. The Hall–Kier alpha value is -3.17. The average Bonchev–Trinajstić information content (AvgIpc) is 3.13. The molecule has 8 nitrogen and oxygen atoms in total. The van der Waals surface area contributed by atoms with Crippen LogP contribution in [0.1, 0.15) is 32.9 Å². The number of rotatable bonds is 11. The summed E-state index contributed by atoms with van der Waals surface area (Å²) in [4.78, 5) is 23.9. The lowest BCUT2D eigenvalue weighted by molar-refractivity contribution is 0.0919. The lowest BCUT2D eigenvalue weighted by Gasteiger charge is -2.09. The summed E-state index contributed by atoms with van der Waals surface area (Å²) in [6.45, 7) is 0.503. The summed E-state index contributed by atoms with van der Waals surface area (Å²) in [7, 11) is 0. The van der Waals surface area contributed by atoms with E-state index in [1.54, 1.807) is 11.8 Å². The molecule has 0 unspecified atom stereocenters. The van der Waals surface area contributed by atoms with Crippen LogP contribution in [0, 0.1) is 0 Å². The lowest BCUT2D eigenvalue weighted by atomic mass is 10.1. The SMILES string of the molecule is NC(=O)c1ccc(OCCNC(=O)c2oc3ccccc3c2CSCCCO)cc1O. The van der Waals surface area contributed by atoms with Gasteiger partial charge in [-0.1, -0.05) is 18.2 Å². The van der Waals surface area contributed by atoms with Crippen LogP contribution in [-0.4, -0.2) is 47.5 Å². The molecule has 3 rings (SSSR count). The molecule has 2 amide bonds. The predicted molar refractivity (Wildman–Crippen MR) is 119 cm³/mol. The van der Waals surface area contributed by atoms with Crippen LogP contribution in [0.5, 0.6) is 11.5 Å². The van der Waals surface area contributed by atoms with E-state index in [0.717, 1.165) is 16.7 Å². The van der Waals surface area contributed by atoms with E-state index in [0.29, 0.717) is 23.5 Å². The topological polar surface area (TPSA) is 135 Å². The van der Waals surface area contributed by atoms with Crippen molar-refractivity contribution in [3.8, 4) is 11.5 Å². The van der Waals surface area contributed by atoms with Crippen molar-refractivity contribution in [3.05, 3.63) is 59.4 Å². The third-order valence-corrected chi connectivity index (χ3v) is 5.56. The highest BCUT2D eigenvalue weighted by atomic mass is 32.2. The fourth-order valence-corrected chi connectivity index (χ4v) is 3.96. The molecule has 0 radical (unpaired) electrons. The van der Waals surface area contributed by atoms with Gasteiger partial charge in [0, 0.05) is 29.4 Å². The molecule has 0 aliphatic rings. The Morgan fingerprint density at radius 2 is 2.00 bits per heavy atom. The number of nitrogens with one attached hydrogen (secondary N) is 1. The number of amides is 2. The standard InChI is InChI=1S/C22H24N2O6S/c23-21(27)16-7-6-14(12-18(16)26)29-10-8-24-22(28)20-17(13-31-11-3-9-25)15-4-1-2-5-19(15)30-20/h1-2,4-7,12,25-26H,3,8-11,13H2,(H2,23,27)(H,24,28). The van der Waals surface area contributed by atoms with Gasteiger partial charge in [-0.25, -0.2) is 0 Å². The van der Waals surface area contributed by atoms with Crippen LogP contribution in [-0.2, 0) is 5.75 Å². The van der Waals surface area contributed by atoms with Crippen molar-refractivity contribution in [1.82, 2.24) is 5.32 Å². The number of furan rings is 1. The van der Waals surface area contributed by atoms with E-state index in [1.807, 2.05) is 24.3 Å². The first kappa shape index (κ1) is 22.5. The molecule has 1 aromatic heterocycles. The largest absolute Gasteiger partial charge is 0.507 e. The van der Waals surface area contributed by atoms with Crippen molar-refractivity contribution in [2.75, 3.05) is 25.5 Å². The Kier molecular flexibility index (Phi) is 7.80. The second-order valence-corrected chi connectivity index (χ2v) is 7.79. The van der Waals surface area contributed by atoms with Crippen LogP contribution in [0.3, 0.4) is 0 Å². The predicted octanol–water partition coefficient (Wildman–Crippen LogP) is 2.66. The second kappa shape index (κ2) is 10.7. The van der Waals surface area contributed by atoms with Gasteiger partial charge in [-0.05, 0) is 30.4 Å². The minimum Gasteiger partial charge on any atom is -0.507 e. The Morgan fingerprint density at radius 3 is 2.74 bits per heavy atom. The summed E-state index contributed by atoms with van der Waals surface area (Å²) in [6.07, 6.45) is 0.690. The highest BCUT2D eigenvalue weighted by molar-refractivity contribution is 7.98. The number of primary amides is 1. The number of fused-ring (bicyclic) bond motifs is 1. The number of hydrogen-bond acceptors (Lipinski definition) is 7. The highest BCUT2D eigenvalue weighted by Crippen LogP contribution is 2.29. The summed E-state index contributed by atoms with van der Waals surface area (Å²) < 4.78 is 11.3. The zero-order valence-electron chi connectivity index (χ0n) is 16.8. The monoisotopic (exact) mass is 444 g/mol. The molecule has 0 saturated carbocycles. The normalized spacial score (nSPS) is 10.9. The molecule has 5 N–H and O–H groups in total. The van der Waals surface area contributed by atoms with Crippen molar-refractivity contribution in [3.63, 3.8) is 0 Å². The van der Waals surface area contributed by atoms with Crippen molar-refractivity contribution < 1.29 is 29.0 Å². The Bertz CT molecular complexity index is 1070. The van der Waals surface area contributed by atoms with Crippen LogP contribution in [0.15, 0.2) is 46.9 Å². The van der Waals surface area contributed by atoms with Gasteiger partial charge < -0.3 is 30.4 Å². The molecule has 2 aromatic carbocycles. The van der Waals surface area contributed by atoms with E-state index < -0.39 is 5.91 Å². The van der Waals surface area contributed by atoms with Crippen molar-refractivity contribution in [2.24, 2.45) is 5.73 Å². The second-order valence-electron chi connectivity index (χ2n) is 6.68. The molecule has 0 atom stereocenters. The number of carbonyl (C=O) groups excluding carboxylic acids is 2. The molecule has 0 bridgehead atoms. The van der Waals surface area contributed by atoms with Gasteiger partial charge in [-0.3, -0.25) is 9.59 Å². The van der Waals surface area contributed by atoms with Gasteiger partial charge in [0.15, 0.2) is 5.76 Å². The van der Waals surface area contributed by atoms with Gasteiger partial charge >= 0.3 is 0 Å². The Labute approximate surface area is 183 Å². The zero-order valence-corrected chi connectivity index (χ0v) is 17.6. The molecule has 0 spiro atoms. The minimum atomic E-state index is -0.729. The summed E-state index contributed by atoms with van der Waals surface area (Å²) in [5.41, 5.74) is 6.63. The van der Waals surface area contributed by atoms with Crippen LogP contribution in [0.25, 0.3) is 11.0 Å². The smallest absolute Gasteiger partial charge is 0.287 e. The molecule has 0 fully saturated rings. The molecule has 1 heterocycles. The molecule has 31 heavy (non-hydrogen) atoms. The average molecular weight is 445 g/mol. The zero-order chi connectivity index (χ0) is 22.2. The first-order valence-electron chi connectivity index (χ1n) is 9.74. The van der Waals surface area contributed by atoms with E-state index in [-0.39, 0.29) is 42.7 Å². The van der Waals surface area contributed by atoms with Crippen LogP contribution < -0.4 is 15.8 Å². The molecular formula is C22H24N2O6S. The fraction of sp³-hybridized carbons (Fsp3) is 0.273. The van der Waals surface area contributed by atoms with Gasteiger partial charge in [0.25, 0.3) is 11.8 Å². The number of aliphatic hydroxyl groups is 1. The first-order chi connectivity index (χ1) is 15.0. The van der Waals surface area contributed by atoms with E-state index in [9.17, 15) is 14.7 Å². The van der Waals surface area contributed by atoms with Crippen LogP contribution in [0.4, 0.5) is 0 Å². The number of carbonyl (C=O) groups is 2. The lowest BCUT2D eigenvalue weighted by Crippen LogP contribution is -2.28. The number of aromatic hydroxyl groups is 1. The quantitative estimate of drug-likeness (QED) is 0.334. The number of aliphatic hydroxyl groups excluding tert-OH is 1. The molecular weight excluding hydrogens is 420 g/mol. The Balaban J connectivity index is 1.60. The van der Waals surface area contributed by atoms with Crippen molar-refractivity contribution in [1.29, 1.82) is 0 Å². The van der Waals surface area contributed by atoms with E-state index >= 15 is 0 Å². The van der Waals surface area contributed by atoms with Gasteiger partial charge in [0.2, 0.25) is 0 Å². The number of benzene rings is 2. The number of para-hydroxylation sites is 1. The summed E-state index contributed by atoms with van der Waals surface area (Å²) in [5.74, 6) is 0.660. The van der Waals surface area contributed by atoms with Crippen molar-refractivity contribution >= 4 is 34.5 Å². The number of hydrogen-bond donors (Lipinski definition) is 4. The van der Waals surface area contributed by atoms with Gasteiger partial charge in [-0.15, -0.1) is 0 Å². The number of nitrogens with two attached hydrogens (primary N) is 1. The number of thioether (sulfide) groups is 1. The minimum absolute atomic E-state index is 0.00919. The molecule has 9 heteroatoms. The number of phenols is 1. The fourth-order valence-electron chi connectivity index (χ4n) is 2.99. The van der Waals surface area contributed by atoms with Crippen molar-refractivity contribution in [2.45, 2.75) is 12.2 Å². The maximum Gasteiger partial charge on any atom is 0.287 e. The number of ether oxygens (including phenoxy) is 1. The van der Waals surface area contributed by atoms with Crippen LogP contribution >= 0.6 is 11.8 Å². The molecule has 0 aliphatic heterocycles. The summed E-state index contributed by atoms with van der Waals surface area (Å²) >= 11 is 1.63. The maximum atomic E-state index is 12.7. The van der Waals surface area contributed by atoms with Gasteiger partial charge in [0.1, 0.15) is 23.7 Å². The molecule has 0 aliphatic carbocycles. The third-order valence-electron chi connectivity index (χ3n) is 4.49.